The highest BCUT2D eigenvalue weighted by molar-refractivity contribution is 7.98. The SMILES string of the molecule is CSCC[C@H](CO)NC(=O)CCc1c(C)nc2cc[nH]n2c1=O. The number of fused-ring (bicyclic) bond motifs is 1. The Morgan fingerprint density at radius 1 is 1.57 bits per heavy atom. The predicted octanol–water partition coefficient (Wildman–Crippen LogP) is 0.494. The summed E-state index contributed by atoms with van der Waals surface area (Å²) in [5.41, 5.74) is 1.57. The molecule has 0 aromatic carbocycles. The molecule has 0 fully saturated rings. The molecule has 23 heavy (non-hydrogen) atoms. The van der Waals surface area contributed by atoms with E-state index in [2.05, 4.69) is 15.4 Å². The standard InChI is InChI=1S/C15H22N4O3S/c1-10-12(15(22)19-13(17-10)5-7-16-19)3-4-14(21)18-11(9-20)6-8-23-2/h5,7,11,16,20H,3-4,6,8-9H2,1-2H3,(H,18,21)/t11-/m1/s1. The Labute approximate surface area is 138 Å². The average Bonchev–Trinajstić information content (AvgIpc) is 2.99. The maximum absolute atomic E-state index is 12.4. The highest BCUT2D eigenvalue weighted by atomic mass is 32.2. The summed E-state index contributed by atoms with van der Waals surface area (Å²) in [5.74, 6) is 0.708. The maximum Gasteiger partial charge on any atom is 0.276 e. The van der Waals surface area contributed by atoms with E-state index in [0.29, 0.717) is 23.3 Å². The first-order valence-corrected chi connectivity index (χ1v) is 8.91. The number of aliphatic hydroxyl groups is 1. The third-order valence-electron chi connectivity index (χ3n) is 3.70. The molecule has 2 aromatic rings. The average molecular weight is 338 g/mol. The van der Waals surface area contributed by atoms with E-state index >= 15 is 0 Å². The molecule has 0 aliphatic rings. The monoisotopic (exact) mass is 338 g/mol. The Balaban J connectivity index is 2.00. The summed E-state index contributed by atoms with van der Waals surface area (Å²) in [6, 6.07) is 1.49. The summed E-state index contributed by atoms with van der Waals surface area (Å²) in [7, 11) is 0. The number of amides is 1. The molecule has 1 amide bonds. The normalized spacial score (nSPS) is 12.5. The number of nitrogens with one attached hydrogen (secondary N) is 2. The molecule has 2 rings (SSSR count). The zero-order valence-corrected chi connectivity index (χ0v) is 14.2. The molecule has 0 radical (unpaired) electrons. The minimum absolute atomic E-state index is 0.0794. The van der Waals surface area contributed by atoms with Crippen molar-refractivity contribution in [3.8, 4) is 0 Å². The fourth-order valence-electron chi connectivity index (χ4n) is 2.40. The lowest BCUT2D eigenvalue weighted by atomic mass is 10.1. The molecule has 1 atom stereocenters. The molecular formula is C15H22N4O3S. The van der Waals surface area contributed by atoms with Gasteiger partial charge in [0.25, 0.3) is 5.56 Å². The third kappa shape index (κ3) is 4.35. The van der Waals surface area contributed by atoms with Crippen LogP contribution in [-0.2, 0) is 11.2 Å². The second-order valence-corrected chi connectivity index (χ2v) is 6.35. The van der Waals surface area contributed by atoms with Gasteiger partial charge in [-0.15, -0.1) is 0 Å². The Hall–Kier alpha value is -1.80. The van der Waals surface area contributed by atoms with Gasteiger partial charge in [0.1, 0.15) is 0 Å². The van der Waals surface area contributed by atoms with Crippen molar-refractivity contribution < 1.29 is 9.90 Å². The van der Waals surface area contributed by atoms with Crippen LogP contribution in [0.4, 0.5) is 0 Å². The molecule has 0 aliphatic carbocycles. The number of carbonyl (C=O) groups is 1. The molecule has 8 heteroatoms. The van der Waals surface area contributed by atoms with Crippen LogP contribution in [0, 0.1) is 6.92 Å². The number of nitrogens with zero attached hydrogens (tertiary/aromatic N) is 2. The van der Waals surface area contributed by atoms with E-state index in [1.165, 1.54) is 4.52 Å². The summed E-state index contributed by atoms with van der Waals surface area (Å²) in [4.78, 5) is 28.7. The van der Waals surface area contributed by atoms with Crippen molar-refractivity contribution in [2.45, 2.75) is 32.2 Å². The van der Waals surface area contributed by atoms with E-state index in [1.807, 2.05) is 6.26 Å². The van der Waals surface area contributed by atoms with Crippen LogP contribution < -0.4 is 10.9 Å². The molecule has 2 heterocycles. The minimum Gasteiger partial charge on any atom is -0.394 e. The van der Waals surface area contributed by atoms with Crippen molar-refractivity contribution in [2.75, 3.05) is 18.6 Å². The fraction of sp³-hybridized carbons (Fsp3) is 0.533. The number of rotatable bonds is 8. The summed E-state index contributed by atoms with van der Waals surface area (Å²) < 4.78 is 1.37. The van der Waals surface area contributed by atoms with Crippen LogP contribution in [0.1, 0.15) is 24.1 Å². The topological polar surface area (TPSA) is 99.5 Å². The molecule has 2 aromatic heterocycles. The van der Waals surface area contributed by atoms with Crippen LogP contribution in [0.3, 0.4) is 0 Å². The summed E-state index contributed by atoms with van der Waals surface area (Å²) in [5, 5.41) is 14.9. The second-order valence-electron chi connectivity index (χ2n) is 5.37. The number of aryl methyl sites for hydroxylation is 1. The predicted molar refractivity (Wildman–Crippen MR) is 90.9 cm³/mol. The zero-order valence-electron chi connectivity index (χ0n) is 13.3. The van der Waals surface area contributed by atoms with Gasteiger partial charge in [-0.1, -0.05) is 0 Å². The van der Waals surface area contributed by atoms with Gasteiger partial charge in [-0.05, 0) is 31.8 Å². The first kappa shape index (κ1) is 17.6. The zero-order chi connectivity index (χ0) is 16.8. The molecule has 126 valence electrons. The molecule has 0 unspecified atom stereocenters. The lowest BCUT2D eigenvalue weighted by molar-refractivity contribution is -0.122. The first-order valence-electron chi connectivity index (χ1n) is 7.51. The Bertz CT molecular complexity index is 725. The molecule has 0 aliphatic heterocycles. The highest BCUT2D eigenvalue weighted by Crippen LogP contribution is 2.06. The molecule has 0 spiro atoms. The van der Waals surface area contributed by atoms with E-state index in [1.54, 1.807) is 30.9 Å². The molecule has 3 N–H and O–H groups in total. The van der Waals surface area contributed by atoms with Crippen molar-refractivity contribution in [1.29, 1.82) is 0 Å². The Morgan fingerprint density at radius 2 is 2.35 bits per heavy atom. The number of aliphatic hydroxyl groups excluding tert-OH is 1. The van der Waals surface area contributed by atoms with Gasteiger partial charge in [-0.3, -0.25) is 14.7 Å². The number of H-pyrrole nitrogens is 1. The van der Waals surface area contributed by atoms with Crippen molar-refractivity contribution >= 4 is 23.3 Å². The molecule has 0 bridgehead atoms. The van der Waals surface area contributed by atoms with Gasteiger partial charge in [0.2, 0.25) is 5.91 Å². The van der Waals surface area contributed by atoms with E-state index in [9.17, 15) is 14.7 Å². The molecule has 0 saturated carbocycles. The highest BCUT2D eigenvalue weighted by Gasteiger charge is 2.14. The van der Waals surface area contributed by atoms with Crippen molar-refractivity contribution in [2.24, 2.45) is 0 Å². The van der Waals surface area contributed by atoms with Crippen molar-refractivity contribution in [3.05, 3.63) is 33.9 Å². The van der Waals surface area contributed by atoms with Crippen LogP contribution in [0.5, 0.6) is 0 Å². The maximum atomic E-state index is 12.4. The van der Waals surface area contributed by atoms with E-state index in [0.717, 1.165) is 12.2 Å². The van der Waals surface area contributed by atoms with E-state index in [-0.39, 0.29) is 30.5 Å². The van der Waals surface area contributed by atoms with Crippen molar-refractivity contribution in [3.63, 3.8) is 0 Å². The van der Waals surface area contributed by atoms with Crippen LogP contribution in [0.2, 0.25) is 0 Å². The van der Waals surface area contributed by atoms with E-state index in [4.69, 9.17) is 0 Å². The number of aromatic amines is 1. The van der Waals surface area contributed by atoms with Crippen LogP contribution in [0.15, 0.2) is 17.1 Å². The first-order chi connectivity index (χ1) is 11.1. The van der Waals surface area contributed by atoms with Gasteiger partial charge in [0.15, 0.2) is 5.65 Å². The van der Waals surface area contributed by atoms with E-state index < -0.39 is 0 Å². The van der Waals surface area contributed by atoms with Gasteiger partial charge in [0.05, 0.1) is 12.6 Å². The van der Waals surface area contributed by atoms with Gasteiger partial charge in [-0.25, -0.2) is 9.50 Å². The van der Waals surface area contributed by atoms with Gasteiger partial charge in [0, 0.05) is 29.9 Å². The summed E-state index contributed by atoms with van der Waals surface area (Å²) in [6.07, 6.45) is 4.88. The van der Waals surface area contributed by atoms with Gasteiger partial charge in [-0.2, -0.15) is 11.8 Å². The van der Waals surface area contributed by atoms with Crippen LogP contribution in [-0.4, -0.2) is 50.3 Å². The summed E-state index contributed by atoms with van der Waals surface area (Å²) in [6.45, 7) is 1.70. The minimum atomic E-state index is -0.235. The third-order valence-corrected chi connectivity index (χ3v) is 4.35. The number of carbonyl (C=O) groups excluding carboxylic acids is 1. The largest absolute Gasteiger partial charge is 0.394 e. The molecular weight excluding hydrogens is 316 g/mol. The quantitative estimate of drug-likeness (QED) is 0.651. The number of thioether (sulfide) groups is 1. The number of hydrogen-bond acceptors (Lipinski definition) is 5. The smallest absolute Gasteiger partial charge is 0.276 e. The molecule has 0 saturated heterocycles. The number of hydrogen-bond donors (Lipinski definition) is 3. The molecule has 7 nitrogen and oxygen atoms in total. The van der Waals surface area contributed by atoms with Gasteiger partial charge < -0.3 is 10.4 Å². The van der Waals surface area contributed by atoms with Crippen LogP contribution >= 0.6 is 11.8 Å². The second kappa shape index (κ2) is 8.16. The van der Waals surface area contributed by atoms with Gasteiger partial charge >= 0.3 is 0 Å². The summed E-state index contributed by atoms with van der Waals surface area (Å²) >= 11 is 1.67. The Morgan fingerprint density at radius 3 is 3.04 bits per heavy atom. The number of aromatic nitrogens is 3. The lowest BCUT2D eigenvalue weighted by Crippen LogP contribution is -2.38. The fourth-order valence-corrected chi connectivity index (χ4v) is 2.92. The van der Waals surface area contributed by atoms with Crippen molar-refractivity contribution in [1.82, 2.24) is 19.9 Å². The Kier molecular flexibility index (Phi) is 6.23. The van der Waals surface area contributed by atoms with Crippen LogP contribution in [0.25, 0.3) is 5.65 Å². The lowest BCUT2D eigenvalue weighted by Gasteiger charge is -2.15.